The Labute approximate surface area is 156 Å². The number of benzene rings is 2. The summed E-state index contributed by atoms with van der Waals surface area (Å²) in [5.74, 6) is 0.806. The topological polar surface area (TPSA) is 55.1 Å². The Morgan fingerprint density at radius 3 is 2.85 bits per heavy atom. The van der Waals surface area contributed by atoms with Crippen molar-refractivity contribution in [2.45, 2.75) is 43.0 Å². The molecule has 0 spiro atoms. The summed E-state index contributed by atoms with van der Waals surface area (Å²) in [6, 6.07) is 14.8. The average Bonchev–Trinajstić information content (AvgIpc) is 3.15. The molecular formula is C21H22N2O2S. The molecule has 2 aromatic carbocycles. The highest BCUT2D eigenvalue weighted by atomic mass is 32.2. The van der Waals surface area contributed by atoms with Crippen LogP contribution >= 0.6 is 11.8 Å². The molecule has 0 amide bonds. The first-order chi connectivity index (χ1) is 12.8. The van der Waals surface area contributed by atoms with E-state index in [9.17, 15) is 4.79 Å². The van der Waals surface area contributed by atoms with Gasteiger partial charge in [0.2, 0.25) is 0 Å². The normalized spacial score (nSPS) is 13.3. The van der Waals surface area contributed by atoms with E-state index < -0.39 is 0 Å². The highest BCUT2D eigenvalue weighted by Crippen LogP contribution is 2.32. The molecule has 0 unspecified atom stereocenters. The number of fused-ring (bicyclic) bond motifs is 2. The van der Waals surface area contributed by atoms with Crippen LogP contribution in [0.3, 0.4) is 0 Å². The zero-order chi connectivity index (χ0) is 17.9. The van der Waals surface area contributed by atoms with E-state index in [0.717, 1.165) is 35.7 Å². The second-order valence-corrected chi connectivity index (χ2v) is 7.60. The highest BCUT2D eigenvalue weighted by molar-refractivity contribution is 7.98. The summed E-state index contributed by atoms with van der Waals surface area (Å²) in [5.41, 5.74) is 3.44. The summed E-state index contributed by atoms with van der Waals surface area (Å²) in [6.45, 7) is 0.651. The minimum atomic E-state index is -0.181. The predicted octanol–water partition coefficient (Wildman–Crippen LogP) is 3.56. The molecule has 0 radical (unpaired) electrons. The van der Waals surface area contributed by atoms with E-state index in [-0.39, 0.29) is 12.3 Å². The van der Waals surface area contributed by atoms with E-state index in [2.05, 4.69) is 47.4 Å². The van der Waals surface area contributed by atoms with Gasteiger partial charge in [-0.05, 0) is 42.0 Å². The summed E-state index contributed by atoms with van der Waals surface area (Å²) in [6.07, 6.45) is 3.58. The van der Waals surface area contributed by atoms with E-state index >= 15 is 0 Å². The molecule has 4 nitrogen and oxygen atoms in total. The van der Waals surface area contributed by atoms with Crippen molar-refractivity contribution in [3.8, 4) is 0 Å². The maximum Gasteiger partial charge on any atom is 0.348 e. The van der Waals surface area contributed by atoms with Crippen molar-refractivity contribution in [2.75, 3.05) is 6.61 Å². The molecule has 0 atom stereocenters. The molecule has 1 heterocycles. The maximum absolute atomic E-state index is 12.5. The monoisotopic (exact) mass is 366 g/mol. The Bertz CT molecular complexity index is 992. The average molecular weight is 366 g/mol. The van der Waals surface area contributed by atoms with Crippen LogP contribution in [-0.4, -0.2) is 21.3 Å². The van der Waals surface area contributed by atoms with Crippen molar-refractivity contribution >= 4 is 22.5 Å². The van der Waals surface area contributed by atoms with Crippen LogP contribution in [0, 0.1) is 0 Å². The van der Waals surface area contributed by atoms with Gasteiger partial charge in [-0.1, -0.05) is 42.5 Å². The second kappa shape index (κ2) is 7.64. The van der Waals surface area contributed by atoms with Gasteiger partial charge in [0, 0.05) is 30.2 Å². The van der Waals surface area contributed by atoms with Crippen molar-refractivity contribution in [1.29, 1.82) is 0 Å². The Morgan fingerprint density at radius 1 is 1.12 bits per heavy atom. The minimum Gasteiger partial charge on any atom is -0.396 e. The van der Waals surface area contributed by atoms with Gasteiger partial charge in [0.15, 0.2) is 0 Å². The lowest BCUT2D eigenvalue weighted by atomic mass is 10.1. The zero-order valence-electron chi connectivity index (χ0n) is 14.6. The van der Waals surface area contributed by atoms with Crippen molar-refractivity contribution in [2.24, 2.45) is 0 Å². The molecule has 26 heavy (non-hydrogen) atoms. The third kappa shape index (κ3) is 3.29. The van der Waals surface area contributed by atoms with Crippen molar-refractivity contribution in [3.05, 3.63) is 69.8 Å². The summed E-state index contributed by atoms with van der Waals surface area (Å²) in [4.78, 5) is 16.9. The largest absolute Gasteiger partial charge is 0.396 e. The standard InChI is InChI=1S/C21H22N2O2S/c24-13-5-12-23-19-11-4-10-18(19)20(22-21(23)25)26-14-16-8-3-7-15-6-1-2-9-17(15)16/h1-3,6-9,24H,4-5,10-14H2. The van der Waals surface area contributed by atoms with E-state index in [1.54, 1.807) is 16.3 Å². The van der Waals surface area contributed by atoms with Gasteiger partial charge in [-0.15, -0.1) is 11.8 Å². The molecule has 0 saturated heterocycles. The zero-order valence-corrected chi connectivity index (χ0v) is 15.5. The third-order valence-corrected chi connectivity index (χ3v) is 6.05. The molecule has 0 aliphatic heterocycles. The second-order valence-electron chi connectivity index (χ2n) is 6.63. The number of hydrogen-bond donors (Lipinski definition) is 1. The van der Waals surface area contributed by atoms with Gasteiger partial charge in [0.25, 0.3) is 0 Å². The van der Waals surface area contributed by atoms with E-state index in [1.807, 2.05) is 0 Å². The lowest BCUT2D eigenvalue weighted by Gasteiger charge is -2.14. The fraction of sp³-hybridized carbons (Fsp3) is 0.333. The number of hydrogen-bond acceptors (Lipinski definition) is 4. The van der Waals surface area contributed by atoms with E-state index in [0.29, 0.717) is 13.0 Å². The van der Waals surface area contributed by atoms with Gasteiger partial charge >= 0.3 is 5.69 Å². The minimum absolute atomic E-state index is 0.0960. The van der Waals surface area contributed by atoms with Gasteiger partial charge in [-0.2, -0.15) is 4.98 Å². The van der Waals surface area contributed by atoms with E-state index in [1.165, 1.54) is 21.9 Å². The number of aliphatic hydroxyl groups is 1. The molecule has 1 aromatic heterocycles. The van der Waals surface area contributed by atoms with E-state index in [4.69, 9.17) is 5.11 Å². The van der Waals surface area contributed by atoms with Crippen LogP contribution in [-0.2, 0) is 25.1 Å². The molecule has 1 aliphatic rings. The van der Waals surface area contributed by atoms with Gasteiger partial charge < -0.3 is 5.11 Å². The smallest absolute Gasteiger partial charge is 0.348 e. The predicted molar refractivity (Wildman–Crippen MR) is 106 cm³/mol. The van der Waals surface area contributed by atoms with Crippen LogP contribution in [0.25, 0.3) is 10.8 Å². The van der Waals surface area contributed by atoms with Crippen LogP contribution < -0.4 is 5.69 Å². The summed E-state index contributed by atoms with van der Waals surface area (Å²) in [5, 5.41) is 12.5. The fourth-order valence-corrected chi connectivity index (χ4v) is 4.81. The van der Waals surface area contributed by atoms with Crippen molar-refractivity contribution in [1.82, 2.24) is 9.55 Å². The van der Waals surface area contributed by atoms with Crippen LogP contribution in [0.5, 0.6) is 0 Å². The van der Waals surface area contributed by atoms with Crippen LogP contribution in [0.15, 0.2) is 52.3 Å². The molecular weight excluding hydrogens is 344 g/mol. The lowest BCUT2D eigenvalue weighted by Crippen LogP contribution is -2.27. The first-order valence-electron chi connectivity index (χ1n) is 9.11. The molecule has 0 saturated carbocycles. The summed E-state index contributed by atoms with van der Waals surface area (Å²) < 4.78 is 1.76. The molecule has 3 aromatic rings. The highest BCUT2D eigenvalue weighted by Gasteiger charge is 2.21. The molecule has 0 fully saturated rings. The molecule has 1 N–H and O–H groups in total. The number of nitrogens with zero attached hydrogens (tertiary/aromatic N) is 2. The van der Waals surface area contributed by atoms with Gasteiger partial charge in [0.05, 0.1) is 0 Å². The first-order valence-corrected chi connectivity index (χ1v) is 10.1. The number of aromatic nitrogens is 2. The van der Waals surface area contributed by atoms with Gasteiger partial charge in [0.1, 0.15) is 5.03 Å². The Balaban J connectivity index is 1.64. The number of aliphatic hydroxyl groups excluding tert-OH is 1. The molecule has 4 rings (SSSR count). The quantitative estimate of drug-likeness (QED) is 0.535. The van der Waals surface area contributed by atoms with Crippen LogP contribution in [0.1, 0.15) is 29.7 Å². The number of rotatable bonds is 6. The lowest BCUT2D eigenvalue weighted by molar-refractivity contribution is 0.277. The third-order valence-electron chi connectivity index (χ3n) is 4.98. The maximum atomic E-state index is 12.5. The molecule has 5 heteroatoms. The van der Waals surface area contributed by atoms with Crippen LogP contribution in [0.2, 0.25) is 0 Å². The van der Waals surface area contributed by atoms with Gasteiger partial charge in [-0.25, -0.2) is 4.79 Å². The Morgan fingerprint density at radius 2 is 1.96 bits per heavy atom. The fourth-order valence-electron chi connectivity index (χ4n) is 3.73. The summed E-state index contributed by atoms with van der Waals surface area (Å²) in [7, 11) is 0. The SMILES string of the molecule is O=c1nc(SCc2cccc3ccccc23)c2c(n1CCCO)CCC2. The molecule has 1 aliphatic carbocycles. The van der Waals surface area contributed by atoms with Crippen molar-refractivity contribution in [3.63, 3.8) is 0 Å². The molecule has 134 valence electrons. The van der Waals surface area contributed by atoms with Gasteiger partial charge in [-0.3, -0.25) is 4.57 Å². The van der Waals surface area contributed by atoms with Crippen LogP contribution in [0.4, 0.5) is 0 Å². The Hall–Kier alpha value is -2.11. The Kier molecular flexibility index (Phi) is 5.09. The van der Waals surface area contributed by atoms with Crippen molar-refractivity contribution < 1.29 is 5.11 Å². The molecule has 0 bridgehead atoms. The number of thioether (sulfide) groups is 1. The summed E-state index contributed by atoms with van der Waals surface area (Å²) >= 11 is 1.67. The first kappa shape index (κ1) is 17.3.